The molecule has 3 saturated heterocycles. The average Bonchev–Trinajstić information content (AvgIpc) is 3.95. The van der Waals surface area contributed by atoms with Gasteiger partial charge in [-0.15, -0.1) is 0 Å². The number of ether oxygens (including phenoxy) is 5. The molecule has 13 atom stereocenters. The van der Waals surface area contributed by atoms with Gasteiger partial charge in [0.25, 0.3) is 0 Å². The van der Waals surface area contributed by atoms with Crippen LogP contribution in [0.15, 0.2) is 0 Å². The van der Waals surface area contributed by atoms with Gasteiger partial charge in [0, 0.05) is 18.8 Å². The normalized spacial score (nSPS) is 33.1. The van der Waals surface area contributed by atoms with Crippen LogP contribution in [-0.4, -0.2) is 59.4 Å². The maximum Gasteiger partial charge on any atom is 0.317 e. The van der Waals surface area contributed by atoms with Crippen molar-refractivity contribution in [3.63, 3.8) is 0 Å². The number of esters is 5. The minimum Gasteiger partial charge on any atom is -0.462 e. The van der Waals surface area contributed by atoms with E-state index in [1.54, 1.807) is 13.8 Å². The van der Waals surface area contributed by atoms with Crippen LogP contribution in [0.1, 0.15) is 251 Å². The molecule has 0 amide bonds. The Balaban J connectivity index is -0.000000396. The van der Waals surface area contributed by atoms with Crippen LogP contribution in [0, 0.1) is 58.7 Å². The Hall–Kier alpha value is -2.49. The molecule has 3 aliphatic heterocycles. The molecule has 0 radical (unpaired) electrons. The molecule has 0 aromatic carbocycles. The molecule has 0 aromatic rings. The first kappa shape index (κ1) is 71.1. The van der Waals surface area contributed by atoms with Crippen molar-refractivity contribution in [2.75, 3.05) is 0 Å². The van der Waals surface area contributed by atoms with Crippen molar-refractivity contribution in [3.05, 3.63) is 0 Å². The summed E-state index contributed by atoms with van der Waals surface area (Å²) in [5.74, 6) is 2.20. The van der Waals surface area contributed by atoms with E-state index in [2.05, 4.69) is 32.4 Å². The molecule has 0 aromatic heterocycles. The second-order valence-electron chi connectivity index (χ2n) is 20.7. The third kappa shape index (κ3) is 16.8. The largest absolute Gasteiger partial charge is 0.462 e. The summed E-state index contributed by atoms with van der Waals surface area (Å²) in [6.45, 7) is 20.0. The Morgan fingerprint density at radius 2 is 1.27 bits per heavy atom. The van der Waals surface area contributed by atoms with Crippen LogP contribution in [0.5, 0.6) is 0 Å². The molecule has 9 fully saturated rings. The lowest BCUT2D eigenvalue weighted by Crippen LogP contribution is -2.48. The van der Waals surface area contributed by atoms with Crippen molar-refractivity contribution < 1.29 is 47.7 Å². The smallest absolute Gasteiger partial charge is 0.317 e. The summed E-state index contributed by atoms with van der Waals surface area (Å²) < 4.78 is 27.7. The number of carbonyl (C=O) groups is 5. The van der Waals surface area contributed by atoms with Crippen LogP contribution >= 0.6 is 0 Å². The predicted molar refractivity (Wildman–Crippen MR) is 279 cm³/mol. The molecule has 9 rings (SSSR count). The van der Waals surface area contributed by atoms with Crippen LogP contribution in [0.3, 0.4) is 0 Å². The molecule has 0 spiro atoms. The van der Waals surface area contributed by atoms with Gasteiger partial charge in [-0.2, -0.15) is 0 Å². The van der Waals surface area contributed by atoms with Crippen molar-refractivity contribution in [2.45, 2.75) is 280 Å². The van der Waals surface area contributed by atoms with E-state index >= 15 is 0 Å². The van der Waals surface area contributed by atoms with Crippen LogP contribution < -0.4 is 0 Å². The molecule has 10 nitrogen and oxygen atoms in total. The van der Waals surface area contributed by atoms with Gasteiger partial charge in [0.2, 0.25) is 0 Å². The minimum absolute atomic E-state index is 0. The third-order valence-electron chi connectivity index (χ3n) is 16.2. The zero-order chi connectivity index (χ0) is 43.3. The van der Waals surface area contributed by atoms with Crippen LogP contribution in [-0.2, 0) is 47.7 Å². The lowest BCUT2D eigenvalue weighted by molar-refractivity contribution is -0.181. The highest BCUT2D eigenvalue weighted by molar-refractivity contribution is 5.95. The van der Waals surface area contributed by atoms with Crippen LogP contribution in [0.25, 0.3) is 0 Å². The Bertz CT molecular complexity index is 1450. The number of rotatable bonds is 10. The van der Waals surface area contributed by atoms with Gasteiger partial charge in [-0.1, -0.05) is 134 Å². The van der Waals surface area contributed by atoms with Gasteiger partial charge in [-0.3, -0.25) is 24.0 Å². The standard InChI is InChI=1S/C18H30O2.C15H22O4.C10H20O.C6H8O3.8CH4/c1-5-17(3,4)16(19)20-18(6-2)11-12-10-15(18)14-9-7-8-13(12)14;1-3-9(2)13(16)19-15-6-10-4-11(7-15)14(17)18-12(5-10)8-15;1-3-9(2)11-10-7-5-4-6-8-10;1-3-4(2)6(8)9-5(3)7;;;;;;;;/h12-15H,5-11H2,1-4H3;9-12H,3-8H2,1-2H3;9-10H,3-8H2,1-2H3;3-4H,1-2H3;8*1H4. The Labute approximate surface area is 415 Å². The van der Waals surface area contributed by atoms with Crippen LogP contribution in [0.4, 0.5) is 0 Å². The Kier molecular flexibility index (Phi) is 32.1. The van der Waals surface area contributed by atoms with Gasteiger partial charge in [0.1, 0.15) is 17.3 Å². The number of carbonyl (C=O) groups excluding carboxylic acids is 5. The second kappa shape index (κ2) is 30.3. The first-order valence-corrected chi connectivity index (χ1v) is 24.0. The highest BCUT2D eigenvalue weighted by Gasteiger charge is 2.62. The summed E-state index contributed by atoms with van der Waals surface area (Å²) in [5, 5.41) is 0. The fraction of sp³-hybridized carbons (Fsp3) is 0.912. The topological polar surface area (TPSA) is 132 Å². The molecule has 6 saturated carbocycles. The molecule has 9 aliphatic rings. The monoisotopic (exact) mass is 957 g/mol. The van der Waals surface area contributed by atoms with E-state index in [9.17, 15) is 24.0 Å². The van der Waals surface area contributed by atoms with Crippen molar-refractivity contribution in [1.29, 1.82) is 0 Å². The number of hydrogen-bond donors (Lipinski definition) is 0. The summed E-state index contributed by atoms with van der Waals surface area (Å²) in [4.78, 5) is 57.7. The molecule has 13 unspecified atom stereocenters. The summed E-state index contributed by atoms with van der Waals surface area (Å²) >= 11 is 0. The molecular formula is C57H112O10. The van der Waals surface area contributed by atoms with Gasteiger partial charge < -0.3 is 23.7 Å². The lowest BCUT2D eigenvalue weighted by Gasteiger charge is -2.45. The van der Waals surface area contributed by atoms with E-state index in [-0.39, 0.29) is 118 Å². The zero-order valence-electron chi connectivity index (χ0n) is 38.4. The van der Waals surface area contributed by atoms with E-state index in [1.165, 1.54) is 57.8 Å². The second-order valence-corrected chi connectivity index (χ2v) is 20.7. The molecule has 6 aliphatic carbocycles. The van der Waals surface area contributed by atoms with Gasteiger partial charge in [0.15, 0.2) is 0 Å². The summed E-state index contributed by atoms with van der Waals surface area (Å²) in [7, 11) is 0. The highest BCUT2D eigenvalue weighted by atomic mass is 16.6. The maximum absolute atomic E-state index is 12.6. The molecule has 3 heterocycles. The van der Waals surface area contributed by atoms with Gasteiger partial charge in [0.05, 0.1) is 41.3 Å². The van der Waals surface area contributed by atoms with Crippen molar-refractivity contribution >= 4 is 29.8 Å². The first-order valence-electron chi connectivity index (χ1n) is 24.0. The SMILES string of the molecule is C.C.C.C.C.C.C.C.CC1C(=O)OC(=O)C1C.CCC(C)(C)C(=O)OC1(CC)CC2CC1C1CCCC21.CCC(C)C(=O)OC12CC3CC(C1)OC(=O)C(C3)C2.CCC(C)OC1CCCCC1. The Morgan fingerprint density at radius 1 is 0.687 bits per heavy atom. The molecule has 0 N–H and O–H groups in total. The van der Waals surface area contributed by atoms with E-state index in [0.717, 1.165) is 69.1 Å². The summed E-state index contributed by atoms with van der Waals surface area (Å²) in [5.41, 5.74) is -0.887. The van der Waals surface area contributed by atoms with E-state index < -0.39 is 17.5 Å². The third-order valence-corrected chi connectivity index (χ3v) is 16.2. The number of fused-ring (bicyclic) bond motifs is 6. The highest BCUT2D eigenvalue weighted by Crippen LogP contribution is 2.64. The summed E-state index contributed by atoms with van der Waals surface area (Å²) in [6.07, 6.45) is 22.4. The van der Waals surface area contributed by atoms with Crippen molar-refractivity contribution in [1.82, 2.24) is 0 Å². The molecule has 10 heteroatoms. The summed E-state index contributed by atoms with van der Waals surface area (Å²) in [6, 6.07) is 0. The van der Waals surface area contributed by atoms with Crippen molar-refractivity contribution in [3.8, 4) is 0 Å². The quantitative estimate of drug-likeness (QED) is 0.118. The zero-order valence-corrected chi connectivity index (χ0v) is 38.4. The Morgan fingerprint density at radius 3 is 1.78 bits per heavy atom. The van der Waals surface area contributed by atoms with Gasteiger partial charge in [-0.05, 0) is 128 Å². The van der Waals surface area contributed by atoms with Crippen molar-refractivity contribution in [2.24, 2.45) is 58.7 Å². The van der Waals surface area contributed by atoms with E-state index in [0.29, 0.717) is 36.9 Å². The van der Waals surface area contributed by atoms with Crippen LogP contribution in [0.2, 0.25) is 0 Å². The molecule has 400 valence electrons. The average molecular weight is 958 g/mol. The van der Waals surface area contributed by atoms with Gasteiger partial charge in [-0.25, -0.2) is 0 Å². The van der Waals surface area contributed by atoms with E-state index in [1.807, 2.05) is 27.7 Å². The van der Waals surface area contributed by atoms with E-state index in [4.69, 9.17) is 18.9 Å². The lowest BCUT2D eigenvalue weighted by atomic mass is 9.65. The predicted octanol–water partition coefficient (Wildman–Crippen LogP) is 15.6. The fourth-order valence-electron chi connectivity index (χ4n) is 11.6. The number of hydrogen-bond acceptors (Lipinski definition) is 10. The first-order chi connectivity index (χ1) is 27.9. The number of cyclic esters (lactones) is 2. The molecular weight excluding hydrogens is 845 g/mol. The fourth-order valence-corrected chi connectivity index (χ4v) is 11.6. The molecule has 67 heavy (non-hydrogen) atoms. The van der Waals surface area contributed by atoms with Gasteiger partial charge >= 0.3 is 29.8 Å². The minimum atomic E-state index is -0.427. The maximum atomic E-state index is 12.6. The molecule has 6 bridgehead atoms.